The van der Waals surface area contributed by atoms with Crippen molar-refractivity contribution in [3.63, 3.8) is 0 Å². The molecule has 0 saturated carbocycles. The maximum Gasteiger partial charge on any atom is 0.338 e. The highest BCUT2D eigenvalue weighted by Crippen LogP contribution is 2.29. The molecule has 1 N–H and O–H groups in total. The van der Waals surface area contributed by atoms with E-state index in [4.69, 9.17) is 25.8 Å². The van der Waals surface area contributed by atoms with Gasteiger partial charge in [0.05, 0.1) is 12.7 Å². The minimum absolute atomic E-state index is 0.208. The number of carbonyl (C=O) groups excluding carboxylic acids is 3. The van der Waals surface area contributed by atoms with Gasteiger partial charge >= 0.3 is 5.97 Å². The molecule has 0 aliphatic heterocycles. The van der Waals surface area contributed by atoms with Crippen molar-refractivity contribution >= 4 is 34.9 Å². The molecule has 7 nitrogen and oxygen atoms in total. The van der Waals surface area contributed by atoms with Gasteiger partial charge in [0.1, 0.15) is 6.61 Å². The SMILES string of the molecule is COc1cc(C(=O)OCC(=O)c2ccc(NC(C)=O)cc2)ccc1OCc1ccc(Cl)cc1. The van der Waals surface area contributed by atoms with E-state index in [1.807, 2.05) is 12.1 Å². The number of ketones is 1. The van der Waals surface area contributed by atoms with Gasteiger partial charge in [-0.05, 0) is 60.2 Å². The lowest BCUT2D eigenvalue weighted by Crippen LogP contribution is -2.14. The standard InChI is InChI=1S/C25H22ClNO6/c1-16(28)27-21-10-5-18(6-11-21)22(29)15-33-25(30)19-7-12-23(24(13-19)31-2)32-14-17-3-8-20(26)9-4-17/h3-13H,14-15H2,1-2H3,(H,27,28). The molecule has 0 fully saturated rings. The lowest BCUT2D eigenvalue weighted by Gasteiger charge is -2.12. The molecule has 8 heteroatoms. The van der Waals surface area contributed by atoms with E-state index in [0.717, 1.165) is 5.56 Å². The molecule has 3 aromatic carbocycles. The van der Waals surface area contributed by atoms with E-state index in [1.54, 1.807) is 42.5 Å². The molecule has 0 aliphatic carbocycles. The van der Waals surface area contributed by atoms with Crippen LogP contribution in [0.25, 0.3) is 0 Å². The van der Waals surface area contributed by atoms with Crippen LogP contribution in [0, 0.1) is 0 Å². The number of Topliss-reactive ketones (excluding diaryl/α,β-unsaturated/α-hetero) is 1. The van der Waals surface area contributed by atoms with Crippen molar-refractivity contribution in [2.45, 2.75) is 13.5 Å². The summed E-state index contributed by atoms with van der Waals surface area (Å²) >= 11 is 5.89. The van der Waals surface area contributed by atoms with E-state index in [2.05, 4.69) is 5.32 Å². The molecule has 33 heavy (non-hydrogen) atoms. The average molecular weight is 468 g/mol. The Kier molecular flexibility index (Phi) is 8.05. The van der Waals surface area contributed by atoms with Crippen molar-refractivity contribution in [3.05, 3.63) is 88.4 Å². The molecule has 1 amide bonds. The predicted octanol–water partition coefficient (Wildman–Crippen LogP) is 4.93. The Bertz CT molecular complexity index is 1140. The molecule has 0 heterocycles. The number of esters is 1. The van der Waals surface area contributed by atoms with Crippen LogP contribution in [-0.2, 0) is 16.1 Å². The lowest BCUT2D eigenvalue weighted by atomic mass is 10.1. The number of carbonyl (C=O) groups is 3. The Labute approximate surface area is 196 Å². The first-order valence-corrected chi connectivity index (χ1v) is 10.4. The zero-order valence-electron chi connectivity index (χ0n) is 18.1. The summed E-state index contributed by atoms with van der Waals surface area (Å²) < 4.78 is 16.3. The molecule has 0 aromatic heterocycles. The van der Waals surface area contributed by atoms with E-state index in [0.29, 0.717) is 34.4 Å². The Morgan fingerprint density at radius 2 is 1.55 bits per heavy atom. The first-order valence-electron chi connectivity index (χ1n) is 9.99. The summed E-state index contributed by atoms with van der Waals surface area (Å²) in [5.74, 6) is -0.425. The van der Waals surface area contributed by atoms with Crippen LogP contribution in [0.1, 0.15) is 33.2 Å². The van der Waals surface area contributed by atoms with Crippen LogP contribution in [0.5, 0.6) is 11.5 Å². The number of hydrogen-bond acceptors (Lipinski definition) is 6. The van der Waals surface area contributed by atoms with E-state index in [9.17, 15) is 14.4 Å². The summed E-state index contributed by atoms with van der Waals surface area (Å²) in [6.07, 6.45) is 0. The first-order chi connectivity index (χ1) is 15.9. The molecule has 0 radical (unpaired) electrons. The van der Waals surface area contributed by atoms with Crippen molar-refractivity contribution in [1.82, 2.24) is 0 Å². The van der Waals surface area contributed by atoms with Gasteiger partial charge in [-0.25, -0.2) is 4.79 Å². The first kappa shape index (κ1) is 23.8. The second kappa shape index (κ2) is 11.2. The van der Waals surface area contributed by atoms with Gasteiger partial charge in [0, 0.05) is 23.2 Å². The summed E-state index contributed by atoms with van der Waals surface area (Å²) in [7, 11) is 1.47. The Hall–Kier alpha value is -3.84. The molecule has 0 saturated heterocycles. The number of ether oxygens (including phenoxy) is 3. The van der Waals surface area contributed by atoms with Crippen molar-refractivity contribution < 1.29 is 28.6 Å². The number of amides is 1. The second-order valence-electron chi connectivity index (χ2n) is 7.04. The second-order valence-corrected chi connectivity index (χ2v) is 7.48. The van der Waals surface area contributed by atoms with Crippen LogP contribution in [-0.4, -0.2) is 31.4 Å². The van der Waals surface area contributed by atoms with E-state index in [1.165, 1.54) is 26.2 Å². The third kappa shape index (κ3) is 6.82. The highest BCUT2D eigenvalue weighted by atomic mass is 35.5. The summed E-state index contributed by atoms with van der Waals surface area (Å²) in [5, 5.41) is 3.25. The maximum absolute atomic E-state index is 12.4. The quantitative estimate of drug-likeness (QED) is 0.354. The fourth-order valence-electron chi connectivity index (χ4n) is 2.90. The molecule has 3 rings (SSSR count). The Balaban J connectivity index is 1.58. The number of anilines is 1. The van der Waals surface area contributed by atoms with Crippen LogP contribution < -0.4 is 14.8 Å². The Morgan fingerprint density at radius 3 is 2.18 bits per heavy atom. The molecular weight excluding hydrogens is 446 g/mol. The number of methoxy groups -OCH3 is 1. The topological polar surface area (TPSA) is 90.9 Å². The molecule has 0 aliphatic rings. The summed E-state index contributed by atoms with van der Waals surface area (Å²) in [5.41, 5.74) is 2.08. The van der Waals surface area contributed by atoms with Crippen LogP contribution in [0.15, 0.2) is 66.7 Å². The molecule has 0 bridgehead atoms. The van der Waals surface area contributed by atoms with Gasteiger partial charge in [0.2, 0.25) is 5.91 Å². The summed E-state index contributed by atoms with van der Waals surface area (Å²) in [4.78, 5) is 35.8. The number of hydrogen-bond donors (Lipinski definition) is 1. The normalized spacial score (nSPS) is 10.3. The van der Waals surface area contributed by atoms with Crippen molar-refractivity contribution in [2.24, 2.45) is 0 Å². The fourth-order valence-corrected chi connectivity index (χ4v) is 3.02. The highest BCUT2D eigenvalue weighted by Gasteiger charge is 2.15. The number of nitrogens with one attached hydrogen (secondary N) is 1. The average Bonchev–Trinajstić information content (AvgIpc) is 2.82. The summed E-state index contributed by atoms with van der Waals surface area (Å²) in [6, 6.07) is 18.2. The van der Waals surface area contributed by atoms with Crippen molar-refractivity contribution in [2.75, 3.05) is 19.0 Å². The van der Waals surface area contributed by atoms with Crippen molar-refractivity contribution in [1.29, 1.82) is 0 Å². The van der Waals surface area contributed by atoms with Gasteiger partial charge in [0.15, 0.2) is 23.9 Å². The molecule has 0 spiro atoms. The van der Waals surface area contributed by atoms with Gasteiger partial charge in [-0.3, -0.25) is 9.59 Å². The lowest BCUT2D eigenvalue weighted by molar-refractivity contribution is -0.114. The van der Waals surface area contributed by atoms with Gasteiger partial charge in [0.25, 0.3) is 0 Å². The number of benzene rings is 3. The van der Waals surface area contributed by atoms with Gasteiger partial charge in [-0.15, -0.1) is 0 Å². The van der Waals surface area contributed by atoms with E-state index in [-0.39, 0.29) is 17.3 Å². The van der Waals surface area contributed by atoms with Crippen LogP contribution >= 0.6 is 11.6 Å². The van der Waals surface area contributed by atoms with Crippen molar-refractivity contribution in [3.8, 4) is 11.5 Å². The van der Waals surface area contributed by atoms with Crippen LogP contribution in [0.2, 0.25) is 5.02 Å². The van der Waals surface area contributed by atoms with Crippen LogP contribution in [0.4, 0.5) is 5.69 Å². The third-order valence-corrected chi connectivity index (χ3v) is 4.82. The predicted molar refractivity (Wildman–Crippen MR) is 124 cm³/mol. The monoisotopic (exact) mass is 467 g/mol. The molecule has 0 atom stereocenters. The summed E-state index contributed by atoms with van der Waals surface area (Å²) in [6.45, 7) is 1.27. The van der Waals surface area contributed by atoms with E-state index >= 15 is 0 Å². The van der Waals surface area contributed by atoms with Gasteiger partial charge in [-0.1, -0.05) is 23.7 Å². The molecule has 0 unspecified atom stereocenters. The van der Waals surface area contributed by atoms with Gasteiger partial charge < -0.3 is 19.5 Å². The van der Waals surface area contributed by atoms with E-state index < -0.39 is 12.6 Å². The third-order valence-electron chi connectivity index (χ3n) is 4.57. The largest absolute Gasteiger partial charge is 0.493 e. The Morgan fingerprint density at radius 1 is 0.879 bits per heavy atom. The smallest absolute Gasteiger partial charge is 0.338 e. The highest BCUT2D eigenvalue weighted by molar-refractivity contribution is 6.30. The minimum Gasteiger partial charge on any atom is -0.493 e. The molecular formula is C25H22ClNO6. The molecule has 3 aromatic rings. The number of halogens is 1. The minimum atomic E-state index is -0.666. The molecule has 170 valence electrons. The maximum atomic E-state index is 12.4. The fraction of sp³-hybridized carbons (Fsp3) is 0.160. The van der Waals surface area contributed by atoms with Crippen LogP contribution in [0.3, 0.4) is 0 Å². The van der Waals surface area contributed by atoms with Gasteiger partial charge in [-0.2, -0.15) is 0 Å². The number of rotatable bonds is 9. The zero-order valence-corrected chi connectivity index (χ0v) is 18.8. The zero-order chi connectivity index (χ0) is 23.8.